The van der Waals surface area contributed by atoms with Crippen LogP contribution in [0, 0.1) is 5.92 Å². The van der Waals surface area contributed by atoms with Crippen molar-refractivity contribution in [3.05, 3.63) is 0 Å². The molecule has 1 aliphatic carbocycles. The summed E-state index contributed by atoms with van der Waals surface area (Å²) in [6, 6.07) is 0. The molecule has 54 valence electrons. The minimum atomic E-state index is -2.70. The molecule has 0 aromatic carbocycles. The third-order valence-electron chi connectivity index (χ3n) is 1.94. The van der Waals surface area contributed by atoms with E-state index in [1.807, 2.05) is 0 Å². The van der Waals surface area contributed by atoms with Gasteiger partial charge >= 0.3 is 0 Å². The fourth-order valence-corrected chi connectivity index (χ4v) is 2.53. The fourth-order valence-electron chi connectivity index (χ4n) is 1.18. The van der Waals surface area contributed by atoms with Crippen LogP contribution in [0.15, 0.2) is 0 Å². The van der Waals surface area contributed by atoms with E-state index in [9.17, 15) is 8.42 Å². The molecule has 0 aliphatic heterocycles. The number of hydrogen-bond acceptors (Lipinski definition) is 2. The van der Waals surface area contributed by atoms with Crippen molar-refractivity contribution in [2.45, 2.75) is 25.0 Å². The van der Waals surface area contributed by atoms with Gasteiger partial charge in [-0.3, -0.25) is 0 Å². The van der Waals surface area contributed by atoms with Crippen molar-refractivity contribution in [2.24, 2.45) is 5.92 Å². The van der Waals surface area contributed by atoms with Crippen molar-refractivity contribution in [3.8, 4) is 0 Å². The highest BCUT2D eigenvalue weighted by atomic mass is 32.2. The Bertz CT molecular complexity index is 187. The summed E-state index contributed by atoms with van der Waals surface area (Å²) < 4.78 is 21.5. The normalized spacial score (nSPS) is 35.8. The first kappa shape index (κ1) is 7.06. The predicted molar refractivity (Wildman–Crippen MR) is 37.0 cm³/mol. The number of sulfone groups is 1. The molecule has 0 amide bonds. The summed E-state index contributed by atoms with van der Waals surface area (Å²) in [5.41, 5.74) is 0. The molecule has 2 nitrogen and oxygen atoms in total. The Hall–Kier alpha value is -0.0500. The first-order valence-electron chi connectivity index (χ1n) is 3.19. The number of rotatable bonds is 1. The van der Waals surface area contributed by atoms with Gasteiger partial charge in [-0.15, -0.1) is 0 Å². The average molecular weight is 148 g/mol. The molecule has 0 spiro atoms. The van der Waals surface area contributed by atoms with E-state index in [0.717, 1.165) is 12.8 Å². The molecule has 9 heavy (non-hydrogen) atoms. The van der Waals surface area contributed by atoms with Crippen LogP contribution in [0.3, 0.4) is 0 Å². The van der Waals surface area contributed by atoms with Gasteiger partial charge in [-0.2, -0.15) is 0 Å². The van der Waals surface area contributed by atoms with Gasteiger partial charge in [-0.05, 0) is 18.8 Å². The first-order chi connectivity index (χ1) is 4.00. The Kier molecular flexibility index (Phi) is 1.55. The van der Waals surface area contributed by atoms with E-state index in [0.29, 0.717) is 5.92 Å². The third kappa shape index (κ3) is 1.45. The fraction of sp³-hybridized carbons (Fsp3) is 1.00. The molecule has 0 aromatic heterocycles. The molecule has 0 bridgehead atoms. The maximum Gasteiger partial charge on any atom is 0.150 e. The average Bonchev–Trinajstić information content (AvgIpc) is 1.55. The zero-order valence-corrected chi connectivity index (χ0v) is 6.61. The molecule has 0 saturated heterocycles. The summed E-state index contributed by atoms with van der Waals surface area (Å²) in [7, 11) is -2.70. The van der Waals surface area contributed by atoms with Crippen LogP contribution in [0.25, 0.3) is 0 Å². The highest BCUT2D eigenvalue weighted by Crippen LogP contribution is 2.31. The molecule has 0 radical (unpaired) electrons. The lowest BCUT2D eigenvalue weighted by molar-refractivity contribution is 0.345. The predicted octanol–water partition coefficient (Wildman–Crippen LogP) is 0.830. The van der Waals surface area contributed by atoms with Crippen LogP contribution in [0.2, 0.25) is 0 Å². The SMILES string of the molecule is CC1CC(S(C)(=O)=O)C1. The van der Waals surface area contributed by atoms with Crippen molar-refractivity contribution < 1.29 is 8.42 Å². The maximum atomic E-state index is 10.8. The van der Waals surface area contributed by atoms with Gasteiger partial charge in [-0.25, -0.2) is 8.42 Å². The number of hydrogen-bond donors (Lipinski definition) is 0. The van der Waals surface area contributed by atoms with Gasteiger partial charge < -0.3 is 0 Å². The van der Waals surface area contributed by atoms with Crippen molar-refractivity contribution in [3.63, 3.8) is 0 Å². The first-order valence-corrected chi connectivity index (χ1v) is 5.14. The van der Waals surface area contributed by atoms with Crippen molar-refractivity contribution in [1.29, 1.82) is 0 Å². The Balaban J connectivity index is 2.51. The van der Waals surface area contributed by atoms with E-state index in [1.165, 1.54) is 6.26 Å². The van der Waals surface area contributed by atoms with E-state index >= 15 is 0 Å². The van der Waals surface area contributed by atoms with Gasteiger partial charge in [0.25, 0.3) is 0 Å². The standard InChI is InChI=1S/C6H12O2S/c1-5-3-6(4-5)9(2,7)8/h5-6H,3-4H2,1-2H3. The molecular formula is C6H12O2S. The summed E-state index contributed by atoms with van der Waals surface area (Å²) in [6.07, 6.45) is 3.07. The molecule has 0 N–H and O–H groups in total. The summed E-state index contributed by atoms with van der Waals surface area (Å²) in [5.74, 6) is 0.629. The van der Waals surface area contributed by atoms with E-state index in [1.54, 1.807) is 0 Å². The molecule has 1 rings (SSSR count). The van der Waals surface area contributed by atoms with E-state index in [2.05, 4.69) is 6.92 Å². The third-order valence-corrected chi connectivity index (χ3v) is 3.53. The molecule has 0 aromatic rings. The monoisotopic (exact) mass is 148 g/mol. The smallest absolute Gasteiger partial charge is 0.150 e. The maximum absolute atomic E-state index is 10.8. The van der Waals surface area contributed by atoms with Gasteiger partial charge in [0, 0.05) is 6.26 Å². The second-order valence-corrected chi connectivity index (χ2v) is 5.35. The Morgan fingerprint density at radius 1 is 1.33 bits per heavy atom. The van der Waals surface area contributed by atoms with Gasteiger partial charge in [0.05, 0.1) is 5.25 Å². The topological polar surface area (TPSA) is 34.1 Å². The Morgan fingerprint density at radius 3 is 1.89 bits per heavy atom. The molecule has 1 saturated carbocycles. The molecular weight excluding hydrogens is 136 g/mol. The van der Waals surface area contributed by atoms with Crippen LogP contribution in [-0.2, 0) is 9.84 Å². The van der Waals surface area contributed by atoms with Crippen LogP contribution in [-0.4, -0.2) is 19.9 Å². The minimum absolute atomic E-state index is 0.0208. The second kappa shape index (κ2) is 1.97. The molecule has 1 aliphatic rings. The molecule has 1 fully saturated rings. The lowest BCUT2D eigenvalue weighted by Crippen LogP contribution is -2.33. The largest absolute Gasteiger partial charge is 0.229 e. The van der Waals surface area contributed by atoms with Gasteiger partial charge in [-0.1, -0.05) is 6.92 Å². The lowest BCUT2D eigenvalue weighted by Gasteiger charge is -2.30. The van der Waals surface area contributed by atoms with Crippen LogP contribution < -0.4 is 0 Å². The van der Waals surface area contributed by atoms with Gasteiger partial charge in [0.1, 0.15) is 9.84 Å². The van der Waals surface area contributed by atoms with Crippen molar-refractivity contribution in [1.82, 2.24) is 0 Å². The quantitative estimate of drug-likeness (QED) is 0.552. The molecule has 0 heterocycles. The summed E-state index contributed by atoms with van der Waals surface area (Å²) in [6.45, 7) is 2.08. The molecule has 3 heteroatoms. The van der Waals surface area contributed by atoms with E-state index in [-0.39, 0.29) is 5.25 Å². The highest BCUT2D eigenvalue weighted by Gasteiger charge is 2.32. The van der Waals surface area contributed by atoms with E-state index in [4.69, 9.17) is 0 Å². The van der Waals surface area contributed by atoms with Gasteiger partial charge in [0.2, 0.25) is 0 Å². The van der Waals surface area contributed by atoms with Crippen LogP contribution >= 0.6 is 0 Å². The summed E-state index contributed by atoms with van der Waals surface area (Å²) >= 11 is 0. The van der Waals surface area contributed by atoms with Crippen LogP contribution in [0.4, 0.5) is 0 Å². The minimum Gasteiger partial charge on any atom is -0.229 e. The molecule has 0 unspecified atom stereocenters. The van der Waals surface area contributed by atoms with E-state index < -0.39 is 9.84 Å². The zero-order chi connectivity index (χ0) is 7.07. The Labute approximate surface area is 56.2 Å². The summed E-state index contributed by atoms with van der Waals surface area (Å²) in [5, 5.41) is -0.0208. The lowest BCUT2D eigenvalue weighted by atomic mass is 9.87. The van der Waals surface area contributed by atoms with Crippen molar-refractivity contribution >= 4 is 9.84 Å². The van der Waals surface area contributed by atoms with Crippen LogP contribution in [0.1, 0.15) is 19.8 Å². The molecule has 0 atom stereocenters. The van der Waals surface area contributed by atoms with Crippen LogP contribution in [0.5, 0.6) is 0 Å². The highest BCUT2D eigenvalue weighted by molar-refractivity contribution is 7.91. The second-order valence-electron chi connectivity index (χ2n) is 3.03. The zero-order valence-electron chi connectivity index (χ0n) is 5.79. The summed E-state index contributed by atoms with van der Waals surface area (Å²) in [4.78, 5) is 0. The van der Waals surface area contributed by atoms with Gasteiger partial charge in [0.15, 0.2) is 0 Å². The Morgan fingerprint density at radius 2 is 1.78 bits per heavy atom. The van der Waals surface area contributed by atoms with Crippen molar-refractivity contribution in [2.75, 3.05) is 6.26 Å².